The Morgan fingerprint density at radius 1 is 0.488 bits per heavy atom. The van der Waals surface area contributed by atoms with Crippen molar-refractivity contribution >= 4 is 12.2 Å². The first-order chi connectivity index (χ1) is 19.6. The summed E-state index contributed by atoms with van der Waals surface area (Å²) in [6.45, 7) is 14.7. The molecule has 1 saturated heterocycles. The van der Waals surface area contributed by atoms with Gasteiger partial charge in [-0.25, -0.2) is 0 Å². The van der Waals surface area contributed by atoms with Gasteiger partial charge in [0.2, 0.25) is 0 Å². The zero-order valence-electron chi connectivity index (χ0n) is 26.2. The van der Waals surface area contributed by atoms with Crippen LogP contribution in [0.2, 0.25) is 9.45 Å². The number of benzene rings is 4. The average molecular weight is 642 g/mol. The third-order valence-electron chi connectivity index (χ3n) is 10.0. The third kappa shape index (κ3) is 5.34. The number of halogens is 2. The Morgan fingerprint density at radius 2 is 0.860 bits per heavy atom. The molecule has 0 N–H and O–H groups in total. The van der Waals surface area contributed by atoms with E-state index in [1.807, 2.05) is 0 Å². The van der Waals surface area contributed by atoms with E-state index in [4.69, 9.17) is 0 Å². The quantitative estimate of drug-likeness (QED) is 0.251. The molecule has 1 aliphatic heterocycles. The summed E-state index contributed by atoms with van der Waals surface area (Å²) in [6, 6.07) is 36.4. The topological polar surface area (TPSA) is 0 Å². The molecule has 7 rings (SSSR count). The van der Waals surface area contributed by atoms with Crippen molar-refractivity contribution in [1.29, 1.82) is 0 Å². The zero-order chi connectivity index (χ0) is 28.6. The molecule has 0 saturated carbocycles. The molecule has 43 heavy (non-hydrogen) atoms. The molecular formula is C40H42Cl2Ti. The van der Waals surface area contributed by atoms with Crippen molar-refractivity contribution < 1.29 is 41.4 Å². The molecule has 2 aliphatic carbocycles. The molecule has 4 aromatic rings. The van der Waals surface area contributed by atoms with E-state index in [1.54, 1.807) is 22.3 Å². The van der Waals surface area contributed by atoms with E-state index in [2.05, 4.69) is 151 Å². The van der Waals surface area contributed by atoms with E-state index < -0.39 is 16.6 Å². The Balaban J connectivity index is 0.00000184. The van der Waals surface area contributed by atoms with Gasteiger partial charge >= 0.3 is 252 Å². The first kappa shape index (κ1) is 32.1. The summed E-state index contributed by atoms with van der Waals surface area (Å²) in [7, 11) is 0. The first-order valence-corrected chi connectivity index (χ1v) is 19.4. The molecule has 2 atom stereocenters. The van der Waals surface area contributed by atoms with Crippen molar-refractivity contribution in [2.24, 2.45) is 10.8 Å². The molecule has 3 heteroatoms. The Bertz CT molecular complexity index is 1570. The molecule has 0 bridgehead atoms. The molecule has 0 nitrogen and oxygen atoms in total. The van der Waals surface area contributed by atoms with E-state index in [9.17, 15) is 0 Å². The molecule has 0 radical (unpaired) electrons. The van der Waals surface area contributed by atoms with Gasteiger partial charge in [0, 0.05) is 0 Å². The predicted octanol–water partition coefficient (Wildman–Crippen LogP) is 5.70. The molecule has 2 unspecified atom stereocenters. The maximum atomic E-state index is 2.63. The molecule has 1 fully saturated rings. The molecule has 3 aliphatic rings. The molecule has 220 valence electrons. The number of rotatable bonds is 4. The second-order valence-electron chi connectivity index (χ2n) is 14.6. The smallest absolute Gasteiger partial charge is 1.00 e. The van der Waals surface area contributed by atoms with Gasteiger partial charge in [-0.2, -0.15) is 0 Å². The van der Waals surface area contributed by atoms with Crippen molar-refractivity contribution in [2.45, 2.75) is 59.4 Å². The number of allylic oxidation sites excluding steroid dienone is 2. The molecule has 0 amide bonds. The van der Waals surface area contributed by atoms with Crippen LogP contribution in [0.1, 0.15) is 72.2 Å². The summed E-state index contributed by atoms with van der Waals surface area (Å²) in [5, 5.41) is 0. The number of hydrogen-bond acceptors (Lipinski definition) is 0. The SMILES string of the molecule is CC(C)(C)C1=Cc2c(-c3ccccc3)cccc2[CH]1[Ti+2]1([CH]2C(C(C)(C)C)=Cc3c(-c4ccccc4)cccc32)[CH2][CH2]1.[Cl-].[Cl-]. The maximum absolute atomic E-state index is 2.63. The van der Waals surface area contributed by atoms with Gasteiger partial charge in [0.25, 0.3) is 0 Å². The van der Waals surface area contributed by atoms with Crippen LogP contribution in [-0.2, 0) is 16.6 Å². The Labute approximate surface area is 274 Å². The van der Waals surface area contributed by atoms with Gasteiger partial charge in [-0.3, -0.25) is 0 Å². The van der Waals surface area contributed by atoms with Gasteiger partial charge < -0.3 is 24.8 Å². The summed E-state index contributed by atoms with van der Waals surface area (Å²) in [5.74, 6) is 0. The third-order valence-corrected chi connectivity index (χ3v) is 18.1. The van der Waals surface area contributed by atoms with E-state index in [1.165, 1.54) is 42.8 Å². The molecular weight excluding hydrogens is 599 g/mol. The van der Waals surface area contributed by atoms with Crippen molar-refractivity contribution in [3.63, 3.8) is 0 Å². The van der Waals surface area contributed by atoms with Crippen molar-refractivity contribution in [2.75, 3.05) is 0 Å². The van der Waals surface area contributed by atoms with Crippen molar-refractivity contribution in [3.8, 4) is 22.3 Å². The van der Waals surface area contributed by atoms with Crippen LogP contribution in [0.4, 0.5) is 0 Å². The van der Waals surface area contributed by atoms with Crippen molar-refractivity contribution in [3.05, 3.63) is 130 Å². The second-order valence-corrected chi connectivity index (χ2v) is 21.9. The van der Waals surface area contributed by atoms with Crippen LogP contribution in [0.5, 0.6) is 0 Å². The van der Waals surface area contributed by atoms with E-state index in [-0.39, 0.29) is 35.6 Å². The molecule has 0 spiro atoms. The Hall–Kier alpha value is -2.35. The van der Waals surface area contributed by atoms with Gasteiger partial charge in [0.05, 0.1) is 0 Å². The minimum Gasteiger partial charge on any atom is -1.00 e. The molecule has 0 aromatic heterocycles. The second kappa shape index (κ2) is 11.5. The Kier molecular flexibility index (Phi) is 8.60. The predicted molar refractivity (Wildman–Crippen MR) is 174 cm³/mol. The zero-order valence-corrected chi connectivity index (χ0v) is 29.3. The van der Waals surface area contributed by atoms with Crippen LogP contribution < -0.4 is 24.8 Å². The van der Waals surface area contributed by atoms with Crippen LogP contribution in [0.3, 0.4) is 0 Å². The van der Waals surface area contributed by atoms with Gasteiger partial charge in [-0.15, -0.1) is 0 Å². The minimum atomic E-state index is -2.52. The van der Waals surface area contributed by atoms with Crippen LogP contribution in [0, 0.1) is 10.8 Å². The standard InChI is InChI=1S/2C19H19.C2H4.2ClH.Ti/c2*1-19(2,3)16-12-15-10-7-11-17(18(15)13-16)14-8-5-4-6-9-14;1-2;;;/h2*4-13H,1-3H3;1-2H2;2*1H;/q;;;;;+2/p-2. The van der Waals surface area contributed by atoms with Crippen molar-refractivity contribution in [1.82, 2.24) is 0 Å². The summed E-state index contributed by atoms with van der Waals surface area (Å²) in [6.07, 6.45) is 5.26. The summed E-state index contributed by atoms with van der Waals surface area (Å²) < 4.78 is 4.13. The normalized spacial score (nSPS) is 19.0. The minimum absolute atomic E-state index is 0. The van der Waals surface area contributed by atoms with Gasteiger partial charge in [-0.05, 0) is 0 Å². The fourth-order valence-corrected chi connectivity index (χ4v) is 18.9. The van der Waals surface area contributed by atoms with Crippen LogP contribution in [0.25, 0.3) is 34.4 Å². The van der Waals surface area contributed by atoms with E-state index in [0.29, 0.717) is 8.45 Å². The molecule has 4 aromatic carbocycles. The summed E-state index contributed by atoms with van der Waals surface area (Å²) in [5.41, 5.74) is 15.3. The largest absolute Gasteiger partial charge is 1.00 e. The van der Waals surface area contributed by atoms with E-state index in [0.717, 1.165) is 0 Å². The van der Waals surface area contributed by atoms with Gasteiger partial charge in [-0.1, -0.05) is 0 Å². The average Bonchev–Trinajstić information content (AvgIpc) is 3.45. The number of fused-ring (bicyclic) bond motifs is 2. The maximum Gasteiger partial charge on any atom is -1.00 e. The van der Waals surface area contributed by atoms with Crippen LogP contribution >= 0.6 is 0 Å². The fourth-order valence-electron chi connectivity index (χ4n) is 7.97. The van der Waals surface area contributed by atoms with Crippen LogP contribution in [-0.4, -0.2) is 0 Å². The fraction of sp³-hybridized carbons (Fsp3) is 0.300. The summed E-state index contributed by atoms with van der Waals surface area (Å²) >= 11 is -2.52. The van der Waals surface area contributed by atoms with Crippen LogP contribution in [0.15, 0.2) is 108 Å². The summed E-state index contributed by atoms with van der Waals surface area (Å²) in [4.78, 5) is 0. The number of hydrogen-bond donors (Lipinski definition) is 0. The van der Waals surface area contributed by atoms with E-state index >= 15 is 0 Å². The monoisotopic (exact) mass is 640 g/mol. The van der Waals surface area contributed by atoms with Gasteiger partial charge in [0.1, 0.15) is 0 Å². The Morgan fingerprint density at radius 3 is 1.19 bits per heavy atom. The van der Waals surface area contributed by atoms with Gasteiger partial charge in [0.15, 0.2) is 0 Å². The first-order valence-electron chi connectivity index (χ1n) is 15.4. The molecule has 1 heterocycles.